The van der Waals surface area contributed by atoms with E-state index in [9.17, 15) is 9.59 Å². The summed E-state index contributed by atoms with van der Waals surface area (Å²) in [5, 5.41) is 6.07. The Morgan fingerprint density at radius 3 is 2.70 bits per heavy atom. The monoisotopic (exact) mass is 300 g/mol. The first-order valence-corrected chi connectivity index (χ1v) is 6.35. The fraction of sp³-hybridized carbons (Fsp3) is 0.385. The highest BCUT2D eigenvalue weighted by atomic mass is 35.5. The first kappa shape index (κ1) is 16.1. The molecule has 1 rings (SSSR count). The van der Waals surface area contributed by atoms with Gasteiger partial charge in [-0.15, -0.1) is 0 Å². The van der Waals surface area contributed by atoms with E-state index in [2.05, 4.69) is 15.4 Å². The third-order valence-electron chi connectivity index (χ3n) is 2.49. The summed E-state index contributed by atoms with van der Waals surface area (Å²) in [4.78, 5) is 22.3. The Kier molecular flexibility index (Phi) is 6.66. The van der Waals surface area contributed by atoms with Gasteiger partial charge in [0, 0.05) is 18.0 Å². The summed E-state index contributed by atoms with van der Waals surface area (Å²) in [6.07, 6.45) is 0.215. The van der Waals surface area contributed by atoms with Crippen LogP contribution in [0.4, 0.5) is 5.69 Å². The molecule has 0 aliphatic carbocycles. The van der Waals surface area contributed by atoms with Crippen molar-refractivity contribution < 1.29 is 19.1 Å². The highest BCUT2D eigenvalue weighted by molar-refractivity contribution is 6.30. The Labute approximate surface area is 122 Å². The SMILES string of the molecule is COC(=O)CNC(=O)CCNc1cc(Cl)ccc1OC. The molecule has 1 aromatic carbocycles. The molecule has 0 heterocycles. The number of anilines is 1. The van der Waals surface area contributed by atoms with E-state index in [0.717, 1.165) is 0 Å². The van der Waals surface area contributed by atoms with E-state index in [1.54, 1.807) is 25.3 Å². The van der Waals surface area contributed by atoms with Gasteiger partial charge in [0.05, 0.1) is 19.9 Å². The Morgan fingerprint density at radius 1 is 1.30 bits per heavy atom. The van der Waals surface area contributed by atoms with E-state index in [1.807, 2.05) is 0 Å². The molecule has 1 aromatic rings. The number of hydrogen-bond donors (Lipinski definition) is 2. The summed E-state index contributed by atoms with van der Waals surface area (Å²) in [6.45, 7) is 0.263. The molecule has 0 radical (unpaired) electrons. The van der Waals surface area contributed by atoms with Gasteiger partial charge in [0.25, 0.3) is 0 Å². The maximum absolute atomic E-state index is 11.5. The fourth-order valence-electron chi connectivity index (χ4n) is 1.46. The van der Waals surface area contributed by atoms with E-state index in [0.29, 0.717) is 23.0 Å². The molecular formula is C13H17ClN2O4. The molecular weight excluding hydrogens is 284 g/mol. The maximum Gasteiger partial charge on any atom is 0.325 e. The number of benzene rings is 1. The van der Waals surface area contributed by atoms with Gasteiger partial charge in [-0.05, 0) is 18.2 Å². The minimum atomic E-state index is -0.484. The molecule has 0 aliphatic rings. The summed E-state index contributed by atoms with van der Waals surface area (Å²) in [7, 11) is 2.82. The summed E-state index contributed by atoms with van der Waals surface area (Å²) in [5.41, 5.74) is 0.709. The lowest BCUT2D eigenvalue weighted by atomic mass is 10.2. The lowest BCUT2D eigenvalue weighted by molar-refractivity contribution is -0.141. The highest BCUT2D eigenvalue weighted by Crippen LogP contribution is 2.27. The number of halogens is 1. The molecule has 6 nitrogen and oxygen atoms in total. The number of amides is 1. The molecule has 0 aromatic heterocycles. The summed E-state index contributed by atoms with van der Waals surface area (Å²) in [6, 6.07) is 5.17. The van der Waals surface area contributed by atoms with Gasteiger partial charge in [-0.25, -0.2) is 0 Å². The average Bonchev–Trinajstić information content (AvgIpc) is 2.45. The van der Waals surface area contributed by atoms with Crippen molar-refractivity contribution in [3.63, 3.8) is 0 Å². The second kappa shape index (κ2) is 8.27. The number of carbonyl (C=O) groups is 2. The van der Waals surface area contributed by atoms with Crippen molar-refractivity contribution in [2.75, 3.05) is 32.6 Å². The Balaban J connectivity index is 2.38. The second-order valence-electron chi connectivity index (χ2n) is 3.87. The third kappa shape index (κ3) is 5.36. The second-order valence-corrected chi connectivity index (χ2v) is 4.31. The van der Waals surface area contributed by atoms with E-state index < -0.39 is 5.97 Å². The predicted octanol–water partition coefficient (Wildman–Crippen LogP) is 1.44. The lowest BCUT2D eigenvalue weighted by Gasteiger charge is -2.11. The molecule has 0 spiro atoms. The first-order chi connectivity index (χ1) is 9.56. The zero-order valence-corrected chi connectivity index (χ0v) is 12.1. The minimum Gasteiger partial charge on any atom is -0.495 e. The molecule has 2 N–H and O–H groups in total. The predicted molar refractivity (Wildman–Crippen MR) is 76.1 cm³/mol. The number of rotatable bonds is 7. The normalized spacial score (nSPS) is 9.75. The number of hydrogen-bond acceptors (Lipinski definition) is 5. The van der Waals surface area contributed by atoms with Crippen LogP contribution in [0, 0.1) is 0 Å². The number of nitrogens with one attached hydrogen (secondary N) is 2. The van der Waals surface area contributed by atoms with Crippen molar-refractivity contribution in [3.8, 4) is 5.75 Å². The topological polar surface area (TPSA) is 76.7 Å². The van der Waals surface area contributed by atoms with Crippen LogP contribution in [0.1, 0.15) is 6.42 Å². The van der Waals surface area contributed by atoms with Crippen molar-refractivity contribution in [2.45, 2.75) is 6.42 Å². The first-order valence-electron chi connectivity index (χ1n) is 5.97. The van der Waals surface area contributed by atoms with Gasteiger partial charge in [0.15, 0.2) is 0 Å². The molecule has 0 saturated heterocycles. The number of ether oxygens (including phenoxy) is 2. The van der Waals surface area contributed by atoms with Gasteiger partial charge in [-0.2, -0.15) is 0 Å². The Hall–Kier alpha value is -1.95. The lowest BCUT2D eigenvalue weighted by Crippen LogP contribution is -2.31. The molecule has 0 unspecified atom stereocenters. The van der Waals surface area contributed by atoms with E-state index in [4.69, 9.17) is 16.3 Å². The molecule has 1 amide bonds. The molecule has 0 saturated carbocycles. The van der Waals surface area contributed by atoms with Gasteiger partial charge in [-0.3, -0.25) is 9.59 Å². The zero-order chi connectivity index (χ0) is 15.0. The van der Waals surface area contributed by atoms with Crippen molar-refractivity contribution in [1.29, 1.82) is 0 Å². The summed E-state index contributed by atoms with van der Waals surface area (Å²) in [5.74, 6) is -0.0870. The van der Waals surface area contributed by atoms with Crippen LogP contribution in [0.2, 0.25) is 5.02 Å². The largest absolute Gasteiger partial charge is 0.495 e. The highest BCUT2D eigenvalue weighted by Gasteiger charge is 2.07. The quantitative estimate of drug-likeness (QED) is 0.745. The summed E-state index contributed by atoms with van der Waals surface area (Å²) < 4.78 is 9.59. The third-order valence-corrected chi connectivity index (χ3v) is 2.72. The van der Waals surface area contributed by atoms with E-state index in [1.165, 1.54) is 7.11 Å². The van der Waals surface area contributed by atoms with Crippen molar-refractivity contribution in [1.82, 2.24) is 5.32 Å². The summed E-state index contributed by atoms with van der Waals surface area (Å²) >= 11 is 5.89. The minimum absolute atomic E-state index is 0.129. The van der Waals surface area contributed by atoms with Crippen LogP contribution in [0.15, 0.2) is 18.2 Å². The number of esters is 1. The van der Waals surface area contributed by atoms with Gasteiger partial charge < -0.3 is 20.1 Å². The van der Waals surface area contributed by atoms with Crippen LogP contribution in [0.5, 0.6) is 5.75 Å². The number of methoxy groups -OCH3 is 2. The Bertz CT molecular complexity index is 479. The molecule has 0 bridgehead atoms. The molecule has 20 heavy (non-hydrogen) atoms. The van der Waals surface area contributed by atoms with Crippen molar-refractivity contribution >= 4 is 29.2 Å². The van der Waals surface area contributed by atoms with Crippen LogP contribution in [0.3, 0.4) is 0 Å². The molecule has 0 aliphatic heterocycles. The average molecular weight is 301 g/mol. The van der Waals surface area contributed by atoms with E-state index >= 15 is 0 Å². The van der Waals surface area contributed by atoms with Crippen LogP contribution < -0.4 is 15.4 Å². The van der Waals surface area contributed by atoms with Gasteiger partial charge in [0.2, 0.25) is 5.91 Å². The van der Waals surface area contributed by atoms with Crippen molar-refractivity contribution in [3.05, 3.63) is 23.2 Å². The maximum atomic E-state index is 11.5. The van der Waals surface area contributed by atoms with Crippen LogP contribution in [-0.2, 0) is 14.3 Å². The van der Waals surface area contributed by atoms with Crippen LogP contribution in [-0.4, -0.2) is 39.2 Å². The molecule has 0 fully saturated rings. The van der Waals surface area contributed by atoms with E-state index in [-0.39, 0.29) is 18.9 Å². The molecule has 110 valence electrons. The smallest absolute Gasteiger partial charge is 0.325 e. The van der Waals surface area contributed by atoms with Gasteiger partial charge in [-0.1, -0.05) is 11.6 Å². The van der Waals surface area contributed by atoms with Crippen LogP contribution >= 0.6 is 11.6 Å². The van der Waals surface area contributed by atoms with Gasteiger partial charge in [0.1, 0.15) is 12.3 Å². The van der Waals surface area contributed by atoms with Crippen LogP contribution in [0.25, 0.3) is 0 Å². The van der Waals surface area contributed by atoms with Crippen molar-refractivity contribution in [2.24, 2.45) is 0 Å². The Morgan fingerprint density at radius 2 is 2.05 bits per heavy atom. The molecule has 7 heteroatoms. The molecule has 0 atom stereocenters. The standard InChI is InChI=1S/C13H17ClN2O4/c1-19-11-4-3-9(14)7-10(11)15-6-5-12(17)16-8-13(18)20-2/h3-4,7,15H,5-6,8H2,1-2H3,(H,16,17). The van der Waals surface area contributed by atoms with Gasteiger partial charge >= 0.3 is 5.97 Å². The fourth-order valence-corrected chi connectivity index (χ4v) is 1.63. The zero-order valence-electron chi connectivity index (χ0n) is 11.4. The number of carbonyl (C=O) groups excluding carboxylic acids is 2.